The van der Waals surface area contributed by atoms with Gasteiger partial charge in [-0.15, -0.1) is 0 Å². The van der Waals surface area contributed by atoms with Gasteiger partial charge in [-0.1, -0.05) is 0 Å². The van der Waals surface area contributed by atoms with E-state index in [2.05, 4.69) is 0 Å². The van der Waals surface area contributed by atoms with Crippen LogP contribution in [0.4, 0.5) is 0 Å². The molecule has 0 bridgehead atoms. The molecule has 1 aliphatic carbocycles. The van der Waals surface area contributed by atoms with Crippen LogP contribution in [0.1, 0.15) is 33.1 Å². The average molecular weight is 242 g/mol. The molecule has 17 heavy (non-hydrogen) atoms. The van der Waals surface area contributed by atoms with Crippen molar-refractivity contribution in [1.82, 2.24) is 0 Å². The van der Waals surface area contributed by atoms with E-state index < -0.39 is 17.9 Å². The maximum absolute atomic E-state index is 11.6. The molecule has 0 radical (unpaired) electrons. The molecule has 1 aliphatic rings. The fourth-order valence-electron chi connectivity index (χ4n) is 1.52. The van der Waals surface area contributed by atoms with E-state index in [4.69, 9.17) is 9.47 Å². The van der Waals surface area contributed by atoms with Crippen LogP contribution in [0, 0.1) is 11.8 Å². The number of rotatable bonds is 7. The molecule has 0 aromatic heterocycles. The number of ketones is 1. The highest BCUT2D eigenvalue weighted by Crippen LogP contribution is 2.32. The minimum absolute atomic E-state index is 0.0290. The van der Waals surface area contributed by atoms with Gasteiger partial charge < -0.3 is 9.47 Å². The van der Waals surface area contributed by atoms with Crippen LogP contribution in [0.25, 0.3) is 0 Å². The van der Waals surface area contributed by atoms with Crippen LogP contribution in [-0.2, 0) is 23.9 Å². The summed E-state index contributed by atoms with van der Waals surface area (Å²) in [6, 6.07) is 0. The standard InChI is InChI=1S/C12H18O5/c1-3-16-11(14)9(12(15)17-4-2)7-10(13)8-5-6-8/h8-9H,3-7H2,1-2H3. The van der Waals surface area contributed by atoms with Gasteiger partial charge in [0, 0.05) is 12.3 Å². The first kappa shape index (κ1) is 13.7. The Kier molecular flexibility index (Phi) is 5.12. The zero-order valence-corrected chi connectivity index (χ0v) is 10.2. The quantitative estimate of drug-likeness (QED) is 0.494. The molecule has 0 heterocycles. The number of hydrogen-bond acceptors (Lipinski definition) is 5. The lowest BCUT2D eigenvalue weighted by atomic mass is 10.0. The summed E-state index contributed by atoms with van der Waals surface area (Å²) < 4.78 is 9.56. The Bertz CT molecular complexity index is 288. The van der Waals surface area contributed by atoms with Gasteiger partial charge in [-0.25, -0.2) is 0 Å². The van der Waals surface area contributed by atoms with Crippen LogP contribution < -0.4 is 0 Å². The SMILES string of the molecule is CCOC(=O)C(CC(=O)C1CC1)C(=O)OCC. The largest absolute Gasteiger partial charge is 0.465 e. The summed E-state index contributed by atoms with van der Waals surface area (Å²) in [5, 5.41) is 0. The van der Waals surface area contributed by atoms with Crippen LogP contribution in [-0.4, -0.2) is 30.9 Å². The summed E-state index contributed by atoms with van der Waals surface area (Å²) in [6.07, 6.45) is 1.62. The predicted molar refractivity (Wildman–Crippen MR) is 59.1 cm³/mol. The highest BCUT2D eigenvalue weighted by molar-refractivity contribution is 6.00. The van der Waals surface area contributed by atoms with Gasteiger partial charge in [0.2, 0.25) is 0 Å². The van der Waals surface area contributed by atoms with Crippen LogP contribution in [0.2, 0.25) is 0 Å². The molecular formula is C12H18O5. The molecule has 0 atom stereocenters. The lowest BCUT2D eigenvalue weighted by Gasteiger charge is -2.13. The maximum Gasteiger partial charge on any atom is 0.320 e. The van der Waals surface area contributed by atoms with E-state index in [1.807, 2.05) is 0 Å². The van der Waals surface area contributed by atoms with Crippen LogP contribution in [0.3, 0.4) is 0 Å². The number of Topliss-reactive ketones (excluding diaryl/α,β-unsaturated/α-hetero) is 1. The number of carbonyl (C=O) groups excluding carboxylic acids is 3. The number of hydrogen-bond donors (Lipinski definition) is 0. The van der Waals surface area contributed by atoms with Gasteiger partial charge in [0.1, 0.15) is 5.78 Å². The molecule has 0 aromatic carbocycles. The number of ether oxygens (including phenoxy) is 2. The van der Waals surface area contributed by atoms with Crippen LogP contribution in [0.5, 0.6) is 0 Å². The molecule has 96 valence electrons. The van der Waals surface area contributed by atoms with Crippen molar-refractivity contribution in [3.8, 4) is 0 Å². The highest BCUT2D eigenvalue weighted by atomic mass is 16.6. The van der Waals surface area contributed by atoms with Crippen molar-refractivity contribution < 1.29 is 23.9 Å². The van der Waals surface area contributed by atoms with Crippen molar-refractivity contribution in [3.63, 3.8) is 0 Å². The molecule has 1 saturated carbocycles. The second-order valence-electron chi connectivity index (χ2n) is 4.00. The van der Waals surface area contributed by atoms with E-state index in [1.165, 1.54) is 0 Å². The van der Waals surface area contributed by atoms with Crippen molar-refractivity contribution in [2.75, 3.05) is 13.2 Å². The summed E-state index contributed by atoms with van der Waals surface area (Å²) in [6.45, 7) is 3.68. The Morgan fingerprint density at radius 3 is 1.88 bits per heavy atom. The van der Waals surface area contributed by atoms with Gasteiger partial charge >= 0.3 is 11.9 Å². The summed E-state index contributed by atoms with van der Waals surface area (Å²) >= 11 is 0. The van der Waals surface area contributed by atoms with Gasteiger partial charge in [-0.3, -0.25) is 14.4 Å². The lowest BCUT2D eigenvalue weighted by molar-refractivity contribution is -0.163. The minimum atomic E-state index is -1.09. The van der Waals surface area contributed by atoms with E-state index in [-0.39, 0.29) is 31.3 Å². The van der Waals surface area contributed by atoms with E-state index in [9.17, 15) is 14.4 Å². The third-order valence-electron chi connectivity index (χ3n) is 2.58. The molecule has 0 saturated heterocycles. The Labute approximate surface area is 100 Å². The summed E-state index contributed by atoms with van der Waals surface area (Å²) in [5.41, 5.74) is 0. The second kappa shape index (κ2) is 6.37. The first-order valence-corrected chi connectivity index (χ1v) is 5.96. The molecule has 5 heteroatoms. The normalized spacial score (nSPS) is 14.5. The Balaban J connectivity index is 2.59. The molecule has 1 rings (SSSR count). The predicted octanol–water partition coefficient (Wildman–Crippen LogP) is 1.10. The second-order valence-corrected chi connectivity index (χ2v) is 4.00. The lowest BCUT2D eigenvalue weighted by Crippen LogP contribution is -2.30. The first-order chi connectivity index (χ1) is 8.10. The molecule has 0 amide bonds. The van der Waals surface area contributed by atoms with Crippen molar-refractivity contribution >= 4 is 17.7 Å². The zero-order valence-electron chi connectivity index (χ0n) is 10.2. The van der Waals surface area contributed by atoms with E-state index in [0.29, 0.717) is 0 Å². The fraction of sp³-hybridized carbons (Fsp3) is 0.750. The molecule has 0 unspecified atom stereocenters. The van der Waals surface area contributed by atoms with Crippen molar-refractivity contribution in [1.29, 1.82) is 0 Å². The van der Waals surface area contributed by atoms with Crippen LogP contribution in [0.15, 0.2) is 0 Å². The number of carbonyl (C=O) groups is 3. The minimum Gasteiger partial charge on any atom is -0.465 e. The molecule has 0 aromatic rings. The van der Waals surface area contributed by atoms with Crippen LogP contribution >= 0.6 is 0 Å². The average Bonchev–Trinajstić information content (AvgIpc) is 3.09. The Morgan fingerprint density at radius 2 is 1.53 bits per heavy atom. The zero-order chi connectivity index (χ0) is 12.8. The monoisotopic (exact) mass is 242 g/mol. The van der Waals surface area contributed by atoms with E-state index >= 15 is 0 Å². The maximum atomic E-state index is 11.6. The Morgan fingerprint density at radius 1 is 1.06 bits per heavy atom. The molecule has 0 aliphatic heterocycles. The summed E-state index contributed by atoms with van der Waals surface area (Å²) in [4.78, 5) is 34.7. The number of esters is 2. The third kappa shape index (κ3) is 4.17. The summed E-state index contributed by atoms with van der Waals surface area (Å²) in [7, 11) is 0. The van der Waals surface area contributed by atoms with Crippen molar-refractivity contribution in [2.24, 2.45) is 11.8 Å². The molecule has 1 fully saturated rings. The van der Waals surface area contributed by atoms with Gasteiger partial charge in [0.05, 0.1) is 13.2 Å². The smallest absolute Gasteiger partial charge is 0.320 e. The Hall–Kier alpha value is -1.39. The van der Waals surface area contributed by atoms with Gasteiger partial charge in [-0.2, -0.15) is 0 Å². The fourth-order valence-corrected chi connectivity index (χ4v) is 1.52. The third-order valence-corrected chi connectivity index (χ3v) is 2.58. The van der Waals surface area contributed by atoms with Gasteiger partial charge in [-0.05, 0) is 26.7 Å². The first-order valence-electron chi connectivity index (χ1n) is 5.96. The summed E-state index contributed by atoms with van der Waals surface area (Å²) in [5.74, 6) is -2.44. The highest BCUT2D eigenvalue weighted by Gasteiger charge is 2.37. The van der Waals surface area contributed by atoms with Gasteiger partial charge in [0.15, 0.2) is 5.92 Å². The van der Waals surface area contributed by atoms with E-state index in [1.54, 1.807) is 13.8 Å². The topological polar surface area (TPSA) is 69.7 Å². The molecule has 5 nitrogen and oxygen atoms in total. The van der Waals surface area contributed by atoms with Gasteiger partial charge in [0.25, 0.3) is 0 Å². The molecule has 0 N–H and O–H groups in total. The van der Waals surface area contributed by atoms with E-state index in [0.717, 1.165) is 12.8 Å². The van der Waals surface area contributed by atoms with Crippen molar-refractivity contribution in [2.45, 2.75) is 33.1 Å². The molecular weight excluding hydrogens is 224 g/mol. The van der Waals surface area contributed by atoms with Crippen molar-refractivity contribution in [3.05, 3.63) is 0 Å². The molecule has 0 spiro atoms.